The quantitative estimate of drug-likeness (QED) is 0.856. The number of methoxy groups -OCH3 is 1. The molecule has 4 heteroatoms. The lowest BCUT2D eigenvalue weighted by atomic mass is 10.0. The Hall–Kier alpha value is -1.55. The van der Waals surface area contributed by atoms with Crippen molar-refractivity contribution in [3.8, 4) is 5.75 Å². The first-order chi connectivity index (χ1) is 10.3. The first-order valence-corrected chi connectivity index (χ1v) is 7.95. The molecule has 0 N–H and O–H groups in total. The molecule has 2 aliphatic rings. The molecule has 21 heavy (non-hydrogen) atoms. The van der Waals surface area contributed by atoms with Crippen LogP contribution in [0.3, 0.4) is 0 Å². The molecule has 1 amide bonds. The second kappa shape index (κ2) is 6.48. The van der Waals surface area contributed by atoms with Crippen LogP contribution in [-0.4, -0.2) is 55.0 Å². The highest BCUT2D eigenvalue weighted by atomic mass is 16.5. The summed E-state index contributed by atoms with van der Waals surface area (Å²) in [5.41, 5.74) is 0.731. The molecule has 0 saturated carbocycles. The second-order valence-corrected chi connectivity index (χ2v) is 6.00. The molecule has 2 heterocycles. The fraction of sp³-hybridized carbons (Fsp3) is 0.588. The number of amides is 1. The maximum absolute atomic E-state index is 12.6. The van der Waals surface area contributed by atoms with Crippen LogP contribution in [0.1, 0.15) is 36.0 Å². The summed E-state index contributed by atoms with van der Waals surface area (Å²) in [7, 11) is 1.63. The Labute approximate surface area is 126 Å². The largest absolute Gasteiger partial charge is 0.497 e. The van der Waals surface area contributed by atoms with Gasteiger partial charge in [-0.1, -0.05) is 6.07 Å². The van der Waals surface area contributed by atoms with Crippen molar-refractivity contribution in [1.82, 2.24) is 9.80 Å². The second-order valence-electron chi connectivity index (χ2n) is 6.00. The first kappa shape index (κ1) is 14.4. The number of piperidine rings is 1. The third-order valence-electron chi connectivity index (χ3n) is 4.73. The molecule has 0 aromatic heterocycles. The van der Waals surface area contributed by atoms with Crippen LogP contribution in [0.5, 0.6) is 5.75 Å². The smallest absolute Gasteiger partial charge is 0.253 e. The van der Waals surface area contributed by atoms with Crippen molar-refractivity contribution >= 4 is 5.91 Å². The molecule has 114 valence electrons. The molecular formula is C17H24N2O2. The predicted octanol–water partition coefficient (Wildman–Crippen LogP) is 2.40. The van der Waals surface area contributed by atoms with Crippen molar-refractivity contribution in [1.29, 1.82) is 0 Å². The van der Waals surface area contributed by atoms with Gasteiger partial charge in [0, 0.05) is 24.7 Å². The molecule has 0 atom stereocenters. The number of benzene rings is 1. The number of hydrogen-bond acceptors (Lipinski definition) is 3. The molecule has 2 fully saturated rings. The van der Waals surface area contributed by atoms with E-state index in [4.69, 9.17) is 4.74 Å². The van der Waals surface area contributed by atoms with E-state index in [0.29, 0.717) is 6.04 Å². The number of ether oxygens (including phenoxy) is 1. The predicted molar refractivity (Wildman–Crippen MR) is 82.7 cm³/mol. The van der Waals surface area contributed by atoms with Crippen LogP contribution in [0.25, 0.3) is 0 Å². The van der Waals surface area contributed by atoms with Gasteiger partial charge in [0.05, 0.1) is 7.11 Å². The highest BCUT2D eigenvalue weighted by Crippen LogP contribution is 2.23. The van der Waals surface area contributed by atoms with Crippen molar-refractivity contribution in [3.63, 3.8) is 0 Å². The molecule has 4 nitrogen and oxygen atoms in total. The van der Waals surface area contributed by atoms with Gasteiger partial charge >= 0.3 is 0 Å². The van der Waals surface area contributed by atoms with Crippen LogP contribution in [0.4, 0.5) is 0 Å². The van der Waals surface area contributed by atoms with Crippen LogP contribution in [0.15, 0.2) is 24.3 Å². The van der Waals surface area contributed by atoms with Gasteiger partial charge in [-0.15, -0.1) is 0 Å². The fourth-order valence-corrected chi connectivity index (χ4v) is 3.48. The van der Waals surface area contributed by atoms with Crippen LogP contribution in [-0.2, 0) is 0 Å². The normalized spacial score (nSPS) is 20.7. The summed E-state index contributed by atoms with van der Waals surface area (Å²) in [6.07, 6.45) is 4.89. The van der Waals surface area contributed by atoms with Crippen LogP contribution in [0.2, 0.25) is 0 Å². The van der Waals surface area contributed by atoms with Crippen LogP contribution >= 0.6 is 0 Å². The Balaban J connectivity index is 1.59. The fourth-order valence-electron chi connectivity index (χ4n) is 3.48. The molecule has 0 bridgehead atoms. The average Bonchev–Trinajstić information content (AvgIpc) is 3.09. The zero-order chi connectivity index (χ0) is 14.7. The van der Waals surface area contributed by atoms with E-state index in [0.717, 1.165) is 37.2 Å². The summed E-state index contributed by atoms with van der Waals surface area (Å²) in [4.78, 5) is 17.1. The Morgan fingerprint density at radius 3 is 2.52 bits per heavy atom. The van der Waals surface area contributed by atoms with Gasteiger partial charge < -0.3 is 14.5 Å². The average molecular weight is 288 g/mol. The summed E-state index contributed by atoms with van der Waals surface area (Å²) in [6, 6.07) is 8.13. The molecule has 1 aromatic rings. The minimum absolute atomic E-state index is 0.133. The lowest BCUT2D eigenvalue weighted by Crippen LogP contribution is -2.45. The van der Waals surface area contributed by atoms with Gasteiger partial charge in [-0.25, -0.2) is 0 Å². The molecule has 0 aliphatic carbocycles. The molecular weight excluding hydrogens is 264 g/mol. The lowest BCUT2D eigenvalue weighted by Gasteiger charge is -2.36. The third kappa shape index (κ3) is 3.21. The Morgan fingerprint density at radius 1 is 1.14 bits per heavy atom. The van der Waals surface area contributed by atoms with E-state index in [-0.39, 0.29) is 5.91 Å². The lowest BCUT2D eigenvalue weighted by molar-refractivity contribution is 0.0644. The summed E-state index contributed by atoms with van der Waals surface area (Å²) in [5, 5.41) is 0. The molecule has 0 spiro atoms. The Bertz CT molecular complexity index is 489. The topological polar surface area (TPSA) is 32.8 Å². The molecule has 1 aromatic carbocycles. The monoisotopic (exact) mass is 288 g/mol. The maximum atomic E-state index is 12.6. The highest BCUT2D eigenvalue weighted by molar-refractivity contribution is 5.94. The summed E-state index contributed by atoms with van der Waals surface area (Å²) >= 11 is 0. The summed E-state index contributed by atoms with van der Waals surface area (Å²) < 4.78 is 5.20. The van der Waals surface area contributed by atoms with Crippen molar-refractivity contribution in [3.05, 3.63) is 29.8 Å². The standard InChI is InChI=1S/C17H24N2O2/c1-21-16-6-4-5-14(13-16)17(20)19-11-7-15(8-12-19)18-9-2-3-10-18/h4-6,13,15H,2-3,7-12H2,1H3. The van der Waals surface area contributed by atoms with Gasteiger partial charge in [-0.2, -0.15) is 0 Å². The zero-order valence-corrected chi connectivity index (χ0v) is 12.8. The van der Waals surface area contributed by atoms with Crippen molar-refractivity contribution in [2.75, 3.05) is 33.3 Å². The number of rotatable bonds is 3. The van der Waals surface area contributed by atoms with Gasteiger partial charge in [0.25, 0.3) is 5.91 Å². The molecule has 2 aliphatic heterocycles. The summed E-state index contributed by atoms with van der Waals surface area (Å²) in [5.74, 6) is 0.876. The van der Waals surface area contributed by atoms with Crippen molar-refractivity contribution in [2.24, 2.45) is 0 Å². The molecule has 0 radical (unpaired) electrons. The molecule has 3 rings (SSSR count). The van der Waals surface area contributed by atoms with E-state index < -0.39 is 0 Å². The summed E-state index contributed by atoms with van der Waals surface area (Å²) in [6.45, 7) is 4.23. The van der Waals surface area contributed by atoms with E-state index in [2.05, 4.69) is 4.90 Å². The van der Waals surface area contributed by atoms with Crippen molar-refractivity contribution in [2.45, 2.75) is 31.7 Å². The van der Waals surface area contributed by atoms with E-state index in [1.807, 2.05) is 29.2 Å². The maximum Gasteiger partial charge on any atom is 0.253 e. The number of hydrogen-bond donors (Lipinski definition) is 0. The number of nitrogens with zero attached hydrogens (tertiary/aromatic N) is 2. The van der Waals surface area contributed by atoms with E-state index in [1.165, 1.54) is 25.9 Å². The minimum atomic E-state index is 0.133. The third-order valence-corrected chi connectivity index (χ3v) is 4.73. The molecule has 0 unspecified atom stereocenters. The number of carbonyl (C=O) groups excluding carboxylic acids is 1. The van der Waals surface area contributed by atoms with Crippen molar-refractivity contribution < 1.29 is 9.53 Å². The SMILES string of the molecule is COc1cccc(C(=O)N2CCC(N3CCCC3)CC2)c1. The van der Waals surface area contributed by atoms with Crippen LogP contribution in [0, 0.1) is 0 Å². The van der Waals surface area contributed by atoms with Gasteiger partial charge in [-0.05, 0) is 57.0 Å². The number of likely N-dealkylation sites (tertiary alicyclic amines) is 2. The van der Waals surface area contributed by atoms with Gasteiger partial charge in [-0.3, -0.25) is 4.79 Å². The Kier molecular flexibility index (Phi) is 4.44. The van der Waals surface area contributed by atoms with Gasteiger partial charge in [0.2, 0.25) is 0 Å². The van der Waals surface area contributed by atoms with Gasteiger partial charge in [0.1, 0.15) is 5.75 Å². The minimum Gasteiger partial charge on any atom is -0.497 e. The van der Waals surface area contributed by atoms with E-state index in [1.54, 1.807) is 7.11 Å². The zero-order valence-electron chi connectivity index (χ0n) is 12.8. The highest BCUT2D eigenvalue weighted by Gasteiger charge is 2.28. The number of carbonyl (C=O) groups is 1. The van der Waals surface area contributed by atoms with E-state index in [9.17, 15) is 4.79 Å². The van der Waals surface area contributed by atoms with E-state index >= 15 is 0 Å². The van der Waals surface area contributed by atoms with Gasteiger partial charge in [0.15, 0.2) is 0 Å². The first-order valence-electron chi connectivity index (χ1n) is 7.95. The van der Waals surface area contributed by atoms with Crippen LogP contribution < -0.4 is 4.74 Å². The Morgan fingerprint density at radius 2 is 1.86 bits per heavy atom. The molecule has 2 saturated heterocycles.